The molecule has 2 unspecified atom stereocenters. The molecule has 10 heteroatoms. The summed E-state index contributed by atoms with van der Waals surface area (Å²) in [7, 11) is 3.47. The number of carbonyl (C=O) groups excluding carboxylic acids is 2. The summed E-state index contributed by atoms with van der Waals surface area (Å²) in [5.41, 5.74) is 7.94. The Labute approximate surface area is 231 Å². The third-order valence-electron chi connectivity index (χ3n) is 8.76. The summed E-state index contributed by atoms with van der Waals surface area (Å²) in [5.74, 6) is 0.942. The number of urea groups is 1. The Balaban J connectivity index is 1.28. The van der Waals surface area contributed by atoms with Crippen molar-refractivity contribution in [3.63, 3.8) is 0 Å². The summed E-state index contributed by atoms with van der Waals surface area (Å²) in [6.07, 6.45) is 9.92. The number of carbonyl (C=O) groups is 2. The Morgan fingerprint density at radius 3 is 2.33 bits per heavy atom. The van der Waals surface area contributed by atoms with E-state index in [2.05, 4.69) is 44.5 Å². The topological polar surface area (TPSA) is 120 Å². The van der Waals surface area contributed by atoms with Gasteiger partial charge in [-0.1, -0.05) is 18.6 Å². The first-order chi connectivity index (χ1) is 18.8. The van der Waals surface area contributed by atoms with Gasteiger partial charge in [0.05, 0.1) is 12.2 Å². The number of anilines is 3. The predicted molar refractivity (Wildman–Crippen MR) is 154 cm³/mol. The lowest BCUT2D eigenvalue weighted by molar-refractivity contribution is 0.0975. The lowest BCUT2D eigenvalue weighted by Gasteiger charge is -2.42. The van der Waals surface area contributed by atoms with Gasteiger partial charge in [0, 0.05) is 38.4 Å². The Morgan fingerprint density at radius 2 is 1.72 bits per heavy atom. The van der Waals surface area contributed by atoms with Crippen molar-refractivity contribution >= 4 is 29.3 Å². The average molecular weight is 535 g/mol. The predicted octanol–water partition coefficient (Wildman–Crippen LogP) is 3.68. The van der Waals surface area contributed by atoms with Crippen molar-refractivity contribution in [1.29, 1.82) is 0 Å². The lowest BCUT2D eigenvalue weighted by atomic mass is 9.85. The molecule has 2 saturated heterocycles. The van der Waals surface area contributed by atoms with E-state index in [1.54, 1.807) is 25.2 Å². The molecule has 210 valence electrons. The summed E-state index contributed by atoms with van der Waals surface area (Å²) in [5, 5.41) is 6.39. The van der Waals surface area contributed by atoms with Crippen molar-refractivity contribution in [2.75, 3.05) is 43.9 Å². The van der Waals surface area contributed by atoms with Gasteiger partial charge in [-0.3, -0.25) is 4.79 Å². The first-order valence-electron chi connectivity index (χ1n) is 14.3. The largest absolute Gasteiger partial charge is 0.364 e. The van der Waals surface area contributed by atoms with Crippen LogP contribution in [0.1, 0.15) is 73.8 Å². The van der Waals surface area contributed by atoms with Crippen LogP contribution in [0.2, 0.25) is 0 Å². The summed E-state index contributed by atoms with van der Waals surface area (Å²) < 4.78 is 0. The number of amides is 3. The minimum Gasteiger partial charge on any atom is -0.364 e. The zero-order chi connectivity index (χ0) is 27.5. The molecule has 0 spiro atoms. The van der Waals surface area contributed by atoms with Gasteiger partial charge in [-0.2, -0.15) is 0 Å². The van der Waals surface area contributed by atoms with Crippen molar-refractivity contribution in [2.24, 2.45) is 5.73 Å². The van der Waals surface area contributed by atoms with Crippen LogP contribution in [-0.4, -0.2) is 83.6 Å². The van der Waals surface area contributed by atoms with Gasteiger partial charge in [0.15, 0.2) is 11.5 Å². The molecule has 2 aromatic rings. The standard InChI is InChI=1S/C29H42N8O2/c1-19-24(33-29(39)35(2)3)8-5-15-37(19)25-18-31-26(27(30)38)28(34-25)32-22-11-9-20(10-12-22)21-13-16-36(17-14-21)23-6-4-7-23/h9-12,18-19,21,23-24H,4-8,13-17H2,1-3H3,(H2,30,38)(H,32,34)(H,33,39). The number of likely N-dealkylation sites (tertiary alicyclic amines) is 1. The molecule has 1 aromatic heterocycles. The molecule has 5 rings (SSSR count). The van der Waals surface area contributed by atoms with Gasteiger partial charge >= 0.3 is 6.03 Å². The number of aromatic nitrogens is 2. The summed E-state index contributed by atoms with van der Waals surface area (Å²) in [4.78, 5) is 39.9. The third kappa shape index (κ3) is 6.11. The quantitative estimate of drug-likeness (QED) is 0.496. The maximum Gasteiger partial charge on any atom is 0.317 e. The number of primary amides is 1. The smallest absolute Gasteiger partial charge is 0.317 e. The van der Waals surface area contributed by atoms with Gasteiger partial charge in [-0.15, -0.1) is 0 Å². The monoisotopic (exact) mass is 534 g/mol. The fraction of sp³-hybridized carbons (Fsp3) is 0.586. The number of nitrogens with zero attached hydrogens (tertiary/aromatic N) is 5. The second kappa shape index (κ2) is 11.8. The fourth-order valence-corrected chi connectivity index (χ4v) is 6.06. The molecular weight excluding hydrogens is 492 g/mol. The number of nitrogens with one attached hydrogen (secondary N) is 2. The summed E-state index contributed by atoms with van der Waals surface area (Å²) >= 11 is 0. The van der Waals surface area contributed by atoms with Gasteiger partial charge in [-0.25, -0.2) is 14.8 Å². The first-order valence-corrected chi connectivity index (χ1v) is 14.3. The Kier molecular flexibility index (Phi) is 8.20. The van der Waals surface area contributed by atoms with Gasteiger partial charge in [0.1, 0.15) is 5.82 Å². The van der Waals surface area contributed by atoms with E-state index in [9.17, 15) is 9.59 Å². The highest BCUT2D eigenvalue weighted by Gasteiger charge is 2.32. The number of hydrogen-bond donors (Lipinski definition) is 3. The Bertz CT molecular complexity index is 1160. The lowest BCUT2D eigenvalue weighted by Crippen LogP contribution is -2.56. The highest BCUT2D eigenvalue weighted by atomic mass is 16.2. The highest BCUT2D eigenvalue weighted by Crippen LogP contribution is 2.34. The van der Waals surface area contributed by atoms with Crippen molar-refractivity contribution in [3.05, 3.63) is 41.7 Å². The van der Waals surface area contributed by atoms with Crippen LogP contribution in [0, 0.1) is 0 Å². The summed E-state index contributed by atoms with van der Waals surface area (Å²) in [6, 6.07) is 9.15. The highest BCUT2D eigenvalue weighted by molar-refractivity contribution is 5.96. The minimum absolute atomic E-state index is 0.0132. The van der Waals surface area contributed by atoms with Crippen molar-refractivity contribution in [3.8, 4) is 0 Å². The second-order valence-corrected chi connectivity index (χ2v) is 11.5. The maximum absolute atomic E-state index is 12.3. The molecule has 10 nitrogen and oxygen atoms in total. The third-order valence-corrected chi connectivity index (χ3v) is 8.76. The van der Waals surface area contributed by atoms with Crippen LogP contribution in [0.3, 0.4) is 0 Å². The molecule has 1 aromatic carbocycles. The van der Waals surface area contributed by atoms with Crippen LogP contribution in [0.25, 0.3) is 0 Å². The number of rotatable bonds is 7. The fourth-order valence-electron chi connectivity index (χ4n) is 6.06. The van der Waals surface area contributed by atoms with E-state index in [1.165, 1.54) is 50.8 Å². The molecule has 3 aliphatic rings. The van der Waals surface area contributed by atoms with E-state index in [0.29, 0.717) is 17.6 Å². The number of hydrogen-bond acceptors (Lipinski definition) is 7. The van der Waals surface area contributed by atoms with Gasteiger partial charge in [0.2, 0.25) is 0 Å². The van der Waals surface area contributed by atoms with Gasteiger partial charge < -0.3 is 31.1 Å². The second-order valence-electron chi connectivity index (χ2n) is 11.5. The van der Waals surface area contributed by atoms with Gasteiger partial charge in [0.25, 0.3) is 5.91 Å². The van der Waals surface area contributed by atoms with E-state index in [1.807, 2.05) is 12.1 Å². The van der Waals surface area contributed by atoms with Crippen LogP contribution in [0.15, 0.2) is 30.5 Å². The van der Waals surface area contributed by atoms with Gasteiger partial charge in [-0.05, 0) is 82.2 Å². The van der Waals surface area contributed by atoms with E-state index < -0.39 is 5.91 Å². The average Bonchev–Trinajstić information content (AvgIpc) is 2.89. The first kappa shape index (κ1) is 27.2. The molecule has 2 atom stereocenters. The van der Waals surface area contributed by atoms with Crippen LogP contribution in [0.4, 0.5) is 22.1 Å². The Morgan fingerprint density at radius 1 is 1.00 bits per heavy atom. The van der Waals surface area contributed by atoms with Crippen LogP contribution in [0.5, 0.6) is 0 Å². The maximum atomic E-state index is 12.3. The van der Waals surface area contributed by atoms with Crippen molar-refractivity contribution in [2.45, 2.75) is 75.9 Å². The minimum atomic E-state index is -0.630. The normalized spacial score (nSPS) is 22.7. The molecular formula is C29H42N8O2. The molecule has 3 fully saturated rings. The zero-order valence-corrected chi connectivity index (χ0v) is 23.4. The molecule has 0 radical (unpaired) electrons. The molecule has 4 N–H and O–H groups in total. The molecule has 3 heterocycles. The van der Waals surface area contributed by atoms with Crippen LogP contribution >= 0.6 is 0 Å². The van der Waals surface area contributed by atoms with Crippen LogP contribution < -0.4 is 21.3 Å². The van der Waals surface area contributed by atoms with E-state index >= 15 is 0 Å². The van der Waals surface area contributed by atoms with Crippen molar-refractivity contribution < 1.29 is 9.59 Å². The molecule has 1 saturated carbocycles. The number of piperidine rings is 2. The number of benzene rings is 1. The zero-order valence-electron chi connectivity index (χ0n) is 23.4. The van der Waals surface area contributed by atoms with E-state index in [0.717, 1.165) is 31.1 Å². The van der Waals surface area contributed by atoms with Crippen molar-refractivity contribution in [1.82, 2.24) is 25.1 Å². The molecule has 3 amide bonds. The Hall–Kier alpha value is -3.40. The molecule has 1 aliphatic carbocycles. The molecule has 0 bridgehead atoms. The summed E-state index contributed by atoms with van der Waals surface area (Å²) in [6.45, 7) is 5.24. The SMILES string of the molecule is CC1C(NC(=O)N(C)C)CCCN1c1cnc(C(N)=O)c(Nc2ccc(C3CCN(C4CCC4)CC3)cc2)n1. The number of nitrogens with two attached hydrogens (primary N) is 1. The van der Waals surface area contributed by atoms with Crippen LogP contribution in [-0.2, 0) is 0 Å². The molecule has 2 aliphatic heterocycles. The molecule has 39 heavy (non-hydrogen) atoms. The van der Waals surface area contributed by atoms with E-state index in [4.69, 9.17) is 10.7 Å². The van der Waals surface area contributed by atoms with E-state index in [-0.39, 0.29) is 23.8 Å².